The van der Waals surface area contributed by atoms with Gasteiger partial charge in [0.05, 0.1) is 24.6 Å². The fourth-order valence-corrected chi connectivity index (χ4v) is 5.78. The van der Waals surface area contributed by atoms with Crippen LogP contribution < -0.4 is 4.90 Å². The number of fused-ring (bicyclic) bond motifs is 3. The van der Waals surface area contributed by atoms with E-state index in [0.717, 1.165) is 4.90 Å². The number of nitrogens with zero attached hydrogens (tertiary/aromatic N) is 1. The summed E-state index contributed by atoms with van der Waals surface area (Å²) in [4.78, 5) is 55.3. The molecule has 1 aliphatic heterocycles. The van der Waals surface area contributed by atoms with Gasteiger partial charge in [-0.25, -0.2) is 9.69 Å². The molecule has 38 heavy (non-hydrogen) atoms. The Bertz CT molecular complexity index is 1440. The topological polar surface area (TPSA) is 90.0 Å². The molecule has 0 N–H and O–H groups in total. The third-order valence-corrected chi connectivity index (χ3v) is 7.25. The maximum absolute atomic E-state index is 14.1. The molecule has 0 spiro atoms. The molecule has 1 aliphatic carbocycles. The summed E-state index contributed by atoms with van der Waals surface area (Å²) in [5.74, 6) is -4.49. The number of anilines is 1. The Morgan fingerprint density at radius 1 is 0.868 bits per heavy atom. The lowest BCUT2D eigenvalue weighted by Crippen LogP contribution is -2.43. The molecule has 0 aromatic heterocycles. The second-order valence-corrected chi connectivity index (χ2v) is 10.7. The highest BCUT2D eigenvalue weighted by Gasteiger charge is 2.53. The van der Waals surface area contributed by atoms with Crippen molar-refractivity contribution in [1.82, 2.24) is 0 Å². The first kappa shape index (κ1) is 25.7. The Labute approximate surface area is 225 Å². The molecule has 3 aromatic carbocycles. The Morgan fingerprint density at radius 3 is 2.00 bits per heavy atom. The molecular weight excluding hydrogens is 506 g/mol. The molecular formula is C30H26ClNO6. The summed E-state index contributed by atoms with van der Waals surface area (Å²) in [5.41, 5.74) is 1.82. The highest BCUT2D eigenvalue weighted by atomic mass is 35.5. The van der Waals surface area contributed by atoms with Crippen molar-refractivity contribution < 1.29 is 28.7 Å². The van der Waals surface area contributed by atoms with Gasteiger partial charge in [0.2, 0.25) is 5.91 Å². The summed E-state index contributed by atoms with van der Waals surface area (Å²) >= 11 is 6.65. The van der Waals surface area contributed by atoms with Crippen molar-refractivity contribution in [2.45, 2.75) is 38.2 Å². The van der Waals surface area contributed by atoms with Gasteiger partial charge in [0, 0.05) is 27.6 Å². The van der Waals surface area contributed by atoms with E-state index in [-0.39, 0.29) is 16.5 Å². The Balaban J connectivity index is 1.74. The maximum atomic E-state index is 14.1. The first-order valence-corrected chi connectivity index (χ1v) is 12.6. The Morgan fingerprint density at radius 2 is 1.45 bits per heavy atom. The molecule has 0 radical (unpaired) electrons. The van der Waals surface area contributed by atoms with Crippen molar-refractivity contribution in [3.05, 3.63) is 99.6 Å². The van der Waals surface area contributed by atoms with Crippen LogP contribution in [0.4, 0.5) is 10.5 Å². The Kier molecular flexibility index (Phi) is 6.35. The number of rotatable bonds is 3. The maximum Gasteiger partial charge on any atom is 0.421 e. The van der Waals surface area contributed by atoms with Crippen molar-refractivity contribution in [2.75, 3.05) is 12.0 Å². The molecule has 0 fully saturated rings. The van der Waals surface area contributed by atoms with Crippen LogP contribution in [-0.2, 0) is 19.1 Å². The Hall–Kier alpha value is -3.97. The van der Waals surface area contributed by atoms with E-state index in [2.05, 4.69) is 0 Å². The lowest BCUT2D eigenvalue weighted by atomic mass is 9.67. The van der Waals surface area contributed by atoms with E-state index in [1.165, 1.54) is 7.11 Å². The monoisotopic (exact) mass is 531 g/mol. The predicted molar refractivity (Wildman–Crippen MR) is 142 cm³/mol. The SMILES string of the molecule is COC(=O)[C@@H](C1c2ccccc2C(=O)c2ccccc21)[C@H]1C(=O)N(C(=O)OC(C)(C)C)c2cccc(Cl)c21. The van der Waals surface area contributed by atoms with Crippen LogP contribution in [0.3, 0.4) is 0 Å². The average Bonchev–Trinajstić information content (AvgIpc) is 3.18. The lowest BCUT2D eigenvalue weighted by Gasteiger charge is -2.35. The van der Waals surface area contributed by atoms with Crippen LogP contribution in [0.2, 0.25) is 5.02 Å². The third kappa shape index (κ3) is 4.07. The number of carbonyl (C=O) groups excluding carboxylic acids is 4. The number of esters is 1. The summed E-state index contributed by atoms with van der Waals surface area (Å²) in [6.45, 7) is 5.10. The van der Waals surface area contributed by atoms with Crippen LogP contribution >= 0.6 is 11.6 Å². The number of benzene rings is 3. The van der Waals surface area contributed by atoms with E-state index in [9.17, 15) is 19.2 Å². The van der Waals surface area contributed by atoms with Crippen LogP contribution in [0.1, 0.15) is 65.2 Å². The van der Waals surface area contributed by atoms with E-state index in [4.69, 9.17) is 21.1 Å². The van der Waals surface area contributed by atoms with Gasteiger partial charge in [0.15, 0.2) is 5.78 Å². The minimum absolute atomic E-state index is 0.164. The van der Waals surface area contributed by atoms with Crippen molar-refractivity contribution in [3.63, 3.8) is 0 Å². The molecule has 3 aromatic rings. The van der Waals surface area contributed by atoms with E-state index < -0.39 is 41.3 Å². The second-order valence-electron chi connectivity index (χ2n) is 10.3. The number of methoxy groups -OCH3 is 1. The molecule has 0 bridgehead atoms. The van der Waals surface area contributed by atoms with E-state index in [0.29, 0.717) is 27.8 Å². The van der Waals surface area contributed by atoms with E-state index >= 15 is 0 Å². The van der Waals surface area contributed by atoms with Crippen molar-refractivity contribution in [3.8, 4) is 0 Å². The quantitative estimate of drug-likeness (QED) is 0.393. The molecule has 2 atom stereocenters. The van der Waals surface area contributed by atoms with Crippen LogP contribution in [0.15, 0.2) is 66.7 Å². The number of carbonyl (C=O) groups is 4. The molecule has 8 heteroatoms. The van der Waals surface area contributed by atoms with Gasteiger partial charge in [-0.2, -0.15) is 0 Å². The molecule has 7 nitrogen and oxygen atoms in total. The van der Waals surface area contributed by atoms with Gasteiger partial charge < -0.3 is 9.47 Å². The van der Waals surface area contributed by atoms with Crippen LogP contribution in [-0.4, -0.2) is 36.5 Å². The molecule has 0 saturated heterocycles. The lowest BCUT2D eigenvalue weighted by molar-refractivity contribution is -0.148. The van der Waals surface area contributed by atoms with Crippen LogP contribution in [0.25, 0.3) is 0 Å². The van der Waals surface area contributed by atoms with Gasteiger partial charge >= 0.3 is 12.1 Å². The normalized spacial score (nSPS) is 17.4. The van der Waals surface area contributed by atoms with Gasteiger partial charge in [-0.05, 0) is 44.0 Å². The fourth-order valence-electron chi connectivity index (χ4n) is 5.49. The third-order valence-electron chi connectivity index (χ3n) is 6.92. The molecule has 2 aliphatic rings. The summed E-state index contributed by atoms with van der Waals surface area (Å²) in [7, 11) is 1.25. The predicted octanol–water partition coefficient (Wildman–Crippen LogP) is 5.87. The fraction of sp³-hybridized carbons (Fsp3) is 0.267. The van der Waals surface area contributed by atoms with Gasteiger partial charge in [0.25, 0.3) is 0 Å². The van der Waals surface area contributed by atoms with Crippen molar-refractivity contribution >= 4 is 41.0 Å². The highest BCUT2D eigenvalue weighted by Crippen LogP contribution is 2.53. The largest absolute Gasteiger partial charge is 0.469 e. The van der Waals surface area contributed by atoms with E-state index in [1.54, 1.807) is 87.5 Å². The molecule has 2 amide bonds. The highest BCUT2D eigenvalue weighted by molar-refractivity contribution is 6.34. The van der Waals surface area contributed by atoms with Crippen LogP contribution in [0, 0.1) is 5.92 Å². The minimum atomic E-state index is -1.17. The molecule has 0 unspecified atom stereocenters. The summed E-state index contributed by atoms with van der Waals surface area (Å²) < 4.78 is 10.8. The number of ether oxygens (including phenoxy) is 2. The van der Waals surface area contributed by atoms with Gasteiger partial charge in [-0.3, -0.25) is 14.4 Å². The summed E-state index contributed by atoms with van der Waals surface area (Å²) in [6.07, 6.45) is -0.864. The smallest absolute Gasteiger partial charge is 0.421 e. The number of amides is 2. The number of ketones is 1. The van der Waals surface area contributed by atoms with E-state index in [1.807, 2.05) is 0 Å². The van der Waals surface area contributed by atoms with Crippen LogP contribution in [0.5, 0.6) is 0 Å². The summed E-state index contributed by atoms with van der Waals surface area (Å²) in [6, 6.07) is 18.9. The van der Waals surface area contributed by atoms with Gasteiger partial charge in [-0.15, -0.1) is 0 Å². The second kappa shape index (κ2) is 9.40. The van der Waals surface area contributed by atoms with Crippen molar-refractivity contribution in [1.29, 1.82) is 0 Å². The average molecular weight is 532 g/mol. The first-order chi connectivity index (χ1) is 18.0. The van der Waals surface area contributed by atoms with Gasteiger partial charge in [-0.1, -0.05) is 66.2 Å². The molecule has 0 saturated carbocycles. The van der Waals surface area contributed by atoms with Crippen molar-refractivity contribution in [2.24, 2.45) is 5.92 Å². The number of hydrogen-bond donors (Lipinski definition) is 0. The molecule has 194 valence electrons. The zero-order chi connectivity index (χ0) is 27.4. The minimum Gasteiger partial charge on any atom is -0.469 e. The number of hydrogen-bond acceptors (Lipinski definition) is 6. The number of halogens is 1. The number of imide groups is 1. The van der Waals surface area contributed by atoms with Gasteiger partial charge in [0.1, 0.15) is 5.60 Å². The standard InChI is InChI=1S/C30H26ClNO6/c1-30(2,3)38-29(36)32-21-15-9-14-20(31)23(21)24(27(32)34)25(28(35)37-4)22-16-10-5-7-12-18(16)26(33)19-13-8-6-11-17(19)22/h5-15,22,24-25H,1-4H3/t24-,25-/m0/s1. The molecule has 5 rings (SSSR count). The zero-order valence-electron chi connectivity index (χ0n) is 21.4. The molecule has 1 heterocycles. The summed E-state index contributed by atoms with van der Waals surface area (Å²) in [5, 5.41) is 0.231. The zero-order valence-corrected chi connectivity index (χ0v) is 22.1. The first-order valence-electron chi connectivity index (χ1n) is 12.2.